The number of benzene rings is 2. The molecule has 7 atom stereocenters. The Balaban J connectivity index is 1.27. The van der Waals surface area contributed by atoms with Crippen molar-refractivity contribution in [1.82, 2.24) is 10.2 Å². The van der Waals surface area contributed by atoms with Gasteiger partial charge in [0.15, 0.2) is 0 Å². The number of nitrogens with one attached hydrogen (secondary N) is 1. The van der Waals surface area contributed by atoms with Crippen LogP contribution in [0.2, 0.25) is 0 Å². The SMILES string of the molecule is C=C1CC[C@]2(C)C3CC[C@]4(C)C(C(=O)NC(c5ccc(C(F)(F)F)cc5)c5ccc(C(F)(F)F)cc5)CCC4C3CN(CCC)C2C1. The molecule has 47 heavy (non-hydrogen) atoms. The number of halogens is 6. The Bertz CT molecular complexity index is 1410. The highest BCUT2D eigenvalue weighted by Crippen LogP contribution is 2.65. The van der Waals surface area contributed by atoms with Gasteiger partial charge in [-0.15, -0.1) is 0 Å². The van der Waals surface area contributed by atoms with E-state index < -0.39 is 29.5 Å². The molecule has 4 fully saturated rings. The second-order valence-electron chi connectivity index (χ2n) is 15.2. The van der Waals surface area contributed by atoms with Gasteiger partial charge in [-0.1, -0.05) is 57.2 Å². The number of hydrogen-bond acceptors (Lipinski definition) is 2. The molecule has 3 nitrogen and oxygen atoms in total. The van der Waals surface area contributed by atoms with E-state index >= 15 is 0 Å². The molecule has 1 amide bonds. The monoisotopic (exact) mass is 660 g/mol. The van der Waals surface area contributed by atoms with E-state index in [2.05, 4.69) is 37.6 Å². The number of hydrogen-bond donors (Lipinski definition) is 1. The summed E-state index contributed by atoms with van der Waals surface area (Å²) in [6.07, 6.45) is -1.07. The first-order chi connectivity index (χ1) is 22.1. The average Bonchev–Trinajstić information content (AvgIpc) is 3.37. The van der Waals surface area contributed by atoms with Gasteiger partial charge in [0.1, 0.15) is 0 Å². The van der Waals surface area contributed by atoms with Crippen LogP contribution in [0.25, 0.3) is 0 Å². The minimum Gasteiger partial charge on any atom is -0.345 e. The van der Waals surface area contributed by atoms with Crippen LogP contribution in [0, 0.1) is 34.5 Å². The maximum atomic E-state index is 14.3. The summed E-state index contributed by atoms with van der Waals surface area (Å²) in [6, 6.07) is 8.62. The Morgan fingerprint density at radius 1 is 0.872 bits per heavy atom. The van der Waals surface area contributed by atoms with E-state index in [4.69, 9.17) is 0 Å². The molecule has 2 aromatic carbocycles. The van der Waals surface area contributed by atoms with Crippen LogP contribution in [0.1, 0.15) is 100 Å². The highest BCUT2D eigenvalue weighted by atomic mass is 19.4. The molecule has 3 aliphatic carbocycles. The van der Waals surface area contributed by atoms with E-state index in [1.807, 2.05) is 0 Å². The molecule has 1 aliphatic heterocycles. The molecule has 256 valence electrons. The lowest BCUT2D eigenvalue weighted by molar-refractivity contribution is -0.146. The molecule has 5 unspecified atom stereocenters. The molecule has 3 saturated carbocycles. The summed E-state index contributed by atoms with van der Waals surface area (Å²) in [5.41, 5.74) is 0.423. The van der Waals surface area contributed by atoms with Crippen LogP contribution in [-0.2, 0) is 17.1 Å². The van der Waals surface area contributed by atoms with Crippen molar-refractivity contribution in [2.24, 2.45) is 34.5 Å². The van der Waals surface area contributed by atoms with Gasteiger partial charge < -0.3 is 5.32 Å². The zero-order chi connectivity index (χ0) is 33.9. The second-order valence-corrected chi connectivity index (χ2v) is 15.2. The number of likely N-dealkylation sites (tertiary alicyclic amines) is 1. The topological polar surface area (TPSA) is 32.3 Å². The van der Waals surface area contributed by atoms with Crippen molar-refractivity contribution in [3.8, 4) is 0 Å². The minimum atomic E-state index is -4.54. The lowest BCUT2D eigenvalue weighted by Crippen LogP contribution is -2.64. The summed E-state index contributed by atoms with van der Waals surface area (Å²) in [5.74, 6) is 0.954. The van der Waals surface area contributed by atoms with Gasteiger partial charge >= 0.3 is 12.4 Å². The molecule has 0 aromatic heterocycles. The second kappa shape index (κ2) is 12.3. The van der Waals surface area contributed by atoms with E-state index in [0.717, 1.165) is 82.3 Å². The van der Waals surface area contributed by atoms with Crippen LogP contribution in [0.5, 0.6) is 0 Å². The van der Waals surface area contributed by atoms with Crippen molar-refractivity contribution in [2.45, 2.75) is 96.6 Å². The molecule has 6 rings (SSSR count). The lowest BCUT2D eigenvalue weighted by atomic mass is 9.48. The van der Waals surface area contributed by atoms with Crippen molar-refractivity contribution in [3.63, 3.8) is 0 Å². The molecule has 2 aromatic rings. The van der Waals surface area contributed by atoms with Crippen molar-refractivity contribution in [2.75, 3.05) is 13.1 Å². The fourth-order valence-corrected chi connectivity index (χ4v) is 10.3. The molecule has 9 heteroatoms. The summed E-state index contributed by atoms with van der Waals surface area (Å²) < 4.78 is 80.1. The predicted molar refractivity (Wildman–Crippen MR) is 170 cm³/mol. The fourth-order valence-electron chi connectivity index (χ4n) is 10.3. The smallest absolute Gasteiger partial charge is 0.345 e. The van der Waals surface area contributed by atoms with Crippen LogP contribution in [-0.4, -0.2) is 29.9 Å². The van der Waals surface area contributed by atoms with Crippen LogP contribution < -0.4 is 5.32 Å². The minimum absolute atomic E-state index is 0.183. The van der Waals surface area contributed by atoms with Gasteiger partial charge in [0.2, 0.25) is 5.91 Å². The third-order valence-corrected chi connectivity index (χ3v) is 12.7. The number of alkyl halides is 6. The summed E-state index contributed by atoms with van der Waals surface area (Å²) in [7, 11) is 0. The van der Waals surface area contributed by atoms with Crippen LogP contribution in [0.15, 0.2) is 60.7 Å². The summed E-state index contributed by atoms with van der Waals surface area (Å²) >= 11 is 0. The Morgan fingerprint density at radius 3 is 1.96 bits per heavy atom. The summed E-state index contributed by atoms with van der Waals surface area (Å²) in [5, 5.41) is 3.10. The molecular weight excluding hydrogens is 614 g/mol. The molecular formula is C38H46F6N2O. The number of rotatable bonds is 6. The number of piperidine rings is 1. The van der Waals surface area contributed by atoms with Crippen LogP contribution in [0.4, 0.5) is 26.3 Å². The van der Waals surface area contributed by atoms with Gasteiger partial charge in [0.25, 0.3) is 0 Å². The average molecular weight is 661 g/mol. The van der Waals surface area contributed by atoms with Gasteiger partial charge in [-0.25, -0.2) is 0 Å². The molecule has 4 aliphatic rings. The molecule has 0 radical (unpaired) electrons. The first kappa shape index (κ1) is 34.1. The number of nitrogens with zero attached hydrogens (tertiary/aromatic N) is 1. The quantitative estimate of drug-likeness (QED) is 0.247. The third-order valence-electron chi connectivity index (χ3n) is 12.7. The van der Waals surface area contributed by atoms with Crippen molar-refractivity contribution < 1.29 is 31.1 Å². The Kier molecular flexibility index (Phi) is 8.89. The lowest BCUT2D eigenvalue weighted by Gasteiger charge is -2.63. The molecule has 0 spiro atoms. The zero-order valence-corrected chi connectivity index (χ0v) is 27.5. The fraction of sp³-hybridized carbons (Fsp3) is 0.605. The number of carbonyl (C=O) groups is 1. The first-order valence-corrected chi connectivity index (χ1v) is 17.1. The first-order valence-electron chi connectivity index (χ1n) is 17.1. The molecule has 1 heterocycles. The Morgan fingerprint density at radius 2 is 1.43 bits per heavy atom. The number of amides is 1. The van der Waals surface area contributed by atoms with E-state index in [0.29, 0.717) is 41.3 Å². The predicted octanol–water partition coefficient (Wildman–Crippen LogP) is 9.83. The van der Waals surface area contributed by atoms with Crippen LogP contribution in [0.3, 0.4) is 0 Å². The van der Waals surface area contributed by atoms with Gasteiger partial charge in [-0.3, -0.25) is 9.69 Å². The number of carbonyl (C=O) groups excluding carboxylic acids is 1. The largest absolute Gasteiger partial charge is 0.416 e. The van der Waals surface area contributed by atoms with Gasteiger partial charge in [0.05, 0.1) is 17.2 Å². The maximum absolute atomic E-state index is 14.3. The summed E-state index contributed by atoms with van der Waals surface area (Å²) in [6.45, 7) is 13.4. The highest BCUT2D eigenvalue weighted by molar-refractivity contribution is 5.81. The van der Waals surface area contributed by atoms with Crippen molar-refractivity contribution >= 4 is 5.91 Å². The molecule has 1 saturated heterocycles. The van der Waals surface area contributed by atoms with Gasteiger partial charge in [-0.05, 0) is 122 Å². The van der Waals surface area contributed by atoms with Crippen LogP contribution >= 0.6 is 0 Å². The van der Waals surface area contributed by atoms with Crippen molar-refractivity contribution in [1.29, 1.82) is 0 Å². The molecule has 0 bridgehead atoms. The zero-order valence-electron chi connectivity index (χ0n) is 27.5. The van der Waals surface area contributed by atoms with Gasteiger partial charge in [-0.2, -0.15) is 26.3 Å². The van der Waals surface area contributed by atoms with Crippen molar-refractivity contribution in [3.05, 3.63) is 82.9 Å². The Hall–Kier alpha value is -2.81. The van der Waals surface area contributed by atoms with Gasteiger partial charge in [0, 0.05) is 18.5 Å². The van der Waals surface area contributed by atoms with E-state index in [9.17, 15) is 31.1 Å². The standard InChI is InChI=1S/C38H46F6N2O/c1-5-20-46-22-28-29-14-15-31(35(29,3)19-17-30(28)36(4)18-16-23(2)21-32(36)46)34(47)45-33(24-6-10-26(11-7-24)37(39,40)41)25-8-12-27(13-9-25)38(42,43)44/h6-13,28-33H,2,5,14-22H2,1,3-4H3,(H,45,47)/t28?,29?,30?,31?,32?,35-,36+/m0/s1. The number of fused-ring (bicyclic) bond motifs is 5. The normalized spacial score (nSPS) is 32.9. The van der Waals surface area contributed by atoms with E-state index in [-0.39, 0.29) is 22.7 Å². The van der Waals surface area contributed by atoms with E-state index in [1.165, 1.54) is 29.8 Å². The maximum Gasteiger partial charge on any atom is 0.416 e. The summed E-state index contributed by atoms with van der Waals surface area (Å²) in [4.78, 5) is 17.0. The third kappa shape index (κ3) is 6.15. The molecule has 1 N–H and O–H groups in total. The highest BCUT2D eigenvalue weighted by Gasteiger charge is 2.62. The Labute approximate surface area is 274 Å². The van der Waals surface area contributed by atoms with E-state index in [1.54, 1.807) is 0 Å².